The summed E-state index contributed by atoms with van der Waals surface area (Å²) in [6, 6.07) is 8.09. The van der Waals surface area contributed by atoms with Crippen molar-refractivity contribution in [1.82, 2.24) is 29.7 Å². The molecule has 1 saturated heterocycles. The van der Waals surface area contributed by atoms with Crippen LogP contribution in [0, 0.1) is 0 Å². The van der Waals surface area contributed by atoms with Gasteiger partial charge in [0.1, 0.15) is 11.5 Å². The van der Waals surface area contributed by atoms with Crippen LogP contribution in [0.25, 0.3) is 16.7 Å². The number of nitrogens with zero attached hydrogens (tertiary/aromatic N) is 6. The van der Waals surface area contributed by atoms with E-state index in [1.54, 1.807) is 0 Å². The number of anilines is 3. The quantitative estimate of drug-likeness (QED) is 0.481. The molecular weight excluding hydrogens is 424 g/mol. The van der Waals surface area contributed by atoms with Crippen LogP contribution in [0.4, 0.5) is 17.5 Å². The molecule has 5 rings (SSSR count). The second kappa shape index (κ2) is 8.52. The highest BCUT2D eigenvalue weighted by molar-refractivity contribution is 5.85. The number of hydrogen-bond acceptors (Lipinski definition) is 7. The summed E-state index contributed by atoms with van der Waals surface area (Å²) in [5, 5.41) is 7.77. The Labute approximate surface area is 193 Å². The fourth-order valence-electron chi connectivity index (χ4n) is 4.16. The van der Waals surface area contributed by atoms with Crippen molar-refractivity contribution in [2.24, 2.45) is 0 Å². The van der Waals surface area contributed by atoms with E-state index in [0.29, 0.717) is 11.9 Å². The van der Waals surface area contributed by atoms with Crippen LogP contribution in [-0.2, 0) is 0 Å². The molecular formula is C23H29ClN8. The van der Waals surface area contributed by atoms with E-state index in [1.165, 1.54) is 0 Å². The summed E-state index contributed by atoms with van der Waals surface area (Å²) in [6.07, 6.45) is 5.67. The number of nitrogens with one attached hydrogen (secondary N) is 2. The number of aromatic nitrogens is 5. The van der Waals surface area contributed by atoms with Crippen LogP contribution in [-0.4, -0.2) is 49.5 Å². The molecule has 4 aromatic rings. The van der Waals surface area contributed by atoms with Gasteiger partial charge in [-0.3, -0.25) is 4.40 Å². The van der Waals surface area contributed by atoms with Gasteiger partial charge in [-0.1, -0.05) is 13.8 Å². The third-order valence-corrected chi connectivity index (χ3v) is 5.75. The van der Waals surface area contributed by atoms with Gasteiger partial charge >= 0.3 is 0 Å². The molecule has 0 aromatic carbocycles. The van der Waals surface area contributed by atoms with Crippen LogP contribution >= 0.6 is 12.4 Å². The molecule has 0 saturated carbocycles. The van der Waals surface area contributed by atoms with Crippen LogP contribution in [0.15, 0.2) is 42.9 Å². The van der Waals surface area contributed by atoms with E-state index in [2.05, 4.69) is 68.6 Å². The smallest absolute Gasteiger partial charge is 0.230 e. The maximum absolute atomic E-state index is 4.79. The largest absolute Gasteiger partial charge is 0.367 e. The second-order valence-corrected chi connectivity index (χ2v) is 9.10. The first-order valence-corrected chi connectivity index (χ1v) is 10.8. The Morgan fingerprint density at radius 3 is 2.59 bits per heavy atom. The van der Waals surface area contributed by atoms with E-state index < -0.39 is 0 Å². The number of imidazole rings is 1. The minimum atomic E-state index is 0. The van der Waals surface area contributed by atoms with Crippen LogP contribution in [0.2, 0.25) is 0 Å². The number of piperazine rings is 1. The molecule has 1 fully saturated rings. The first kappa shape index (κ1) is 22.2. The Morgan fingerprint density at radius 1 is 1.03 bits per heavy atom. The molecule has 0 aliphatic carbocycles. The highest BCUT2D eigenvalue weighted by Gasteiger charge is 2.25. The molecule has 4 aromatic heterocycles. The fraction of sp³-hybridized carbons (Fsp3) is 0.391. The lowest BCUT2D eigenvalue weighted by molar-refractivity contribution is 0.353. The third-order valence-electron chi connectivity index (χ3n) is 5.75. The van der Waals surface area contributed by atoms with Crippen molar-refractivity contribution in [3.05, 3.63) is 48.5 Å². The molecule has 5 heterocycles. The molecule has 8 nitrogen and oxygen atoms in total. The highest BCUT2D eigenvalue weighted by Crippen LogP contribution is 2.24. The molecule has 9 heteroatoms. The summed E-state index contributed by atoms with van der Waals surface area (Å²) >= 11 is 0. The van der Waals surface area contributed by atoms with Gasteiger partial charge in [0.15, 0.2) is 5.65 Å². The van der Waals surface area contributed by atoms with E-state index in [9.17, 15) is 0 Å². The number of halogens is 1. The molecule has 0 radical (unpaired) electrons. The van der Waals surface area contributed by atoms with Crippen molar-refractivity contribution >= 4 is 46.5 Å². The molecule has 1 aliphatic heterocycles. The Bertz CT molecular complexity index is 1230. The maximum atomic E-state index is 4.79. The Kier molecular flexibility index (Phi) is 5.92. The lowest BCUT2D eigenvalue weighted by Crippen LogP contribution is -2.57. The monoisotopic (exact) mass is 452 g/mol. The topological polar surface area (TPSA) is 83.3 Å². The van der Waals surface area contributed by atoms with Gasteiger partial charge in [0.25, 0.3) is 0 Å². The van der Waals surface area contributed by atoms with Crippen molar-refractivity contribution < 1.29 is 0 Å². The molecule has 1 aliphatic rings. The molecule has 0 spiro atoms. The summed E-state index contributed by atoms with van der Waals surface area (Å²) in [5.74, 6) is 1.59. The van der Waals surface area contributed by atoms with Crippen molar-refractivity contribution in [2.75, 3.05) is 29.9 Å². The molecule has 0 unspecified atom stereocenters. The second-order valence-electron chi connectivity index (χ2n) is 9.10. The van der Waals surface area contributed by atoms with Crippen LogP contribution in [0.5, 0.6) is 0 Å². The zero-order chi connectivity index (χ0) is 21.6. The van der Waals surface area contributed by atoms with Crippen molar-refractivity contribution in [3.63, 3.8) is 0 Å². The summed E-state index contributed by atoms with van der Waals surface area (Å²) < 4.78 is 2.11. The standard InChI is InChI=1S/C23H28N8.ClH/c1-15(2)18-13-25-20-8-5-16-11-26-22(29-21(16)31(18)20)28-19-7-6-17(12-24-19)30-10-9-27-23(3,4)14-30;/h5-8,11-13,15,27H,9-10,14H2,1-4H3,(H,24,26,28,29);1H. The van der Waals surface area contributed by atoms with Crippen LogP contribution in [0.3, 0.4) is 0 Å². The van der Waals surface area contributed by atoms with Gasteiger partial charge < -0.3 is 15.5 Å². The van der Waals surface area contributed by atoms with Gasteiger partial charge in [0.05, 0.1) is 11.9 Å². The summed E-state index contributed by atoms with van der Waals surface area (Å²) in [4.78, 5) is 20.8. The van der Waals surface area contributed by atoms with Gasteiger partial charge in [-0.2, -0.15) is 4.98 Å². The Morgan fingerprint density at radius 2 is 1.88 bits per heavy atom. The van der Waals surface area contributed by atoms with E-state index >= 15 is 0 Å². The molecule has 0 amide bonds. The van der Waals surface area contributed by atoms with Crippen LogP contribution in [0.1, 0.15) is 39.3 Å². The lowest BCUT2D eigenvalue weighted by atomic mass is 10.0. The van der Waals surface area contributed by atoms with E-state index in [1.807, 2.05) is 36.8 Å². The maximum Gasteiger partial charge on any atom is 0.230 e. The van der Waals surface area contributed by atoms with Gasteiger partial charge in [-0.05, 0) is 44.0 Å². The average Bonchev–Trinajstić information content (AvgIpc) is 3.19. The number of hydrogen-bond donors (Lipinski definition) is 2. The van der Waals surface area contributed by atoms with Gasteiger partial charge in [-0.15, -0.1) is 12.4 Å². The summed E-state index contributed by atoms with van der Waals surface area (Å²) in [7, 11) is 0. The lowest BCUT2D eigenvalue weighted by Gasteiger charge is -2.40. The number of fused-ring (bicyclic) bond motifs is 3. The highest BCUT2D eigenvalue weighted by atomic mass is 35.5. The van der Waals surface area contributed by atoms with Crippen molar-refractivity contribution in [3.8, 4) is 0 Å². The zero-order valence-electron chi connectivity index (χ0n) is 18.8. The number of pyridine rings is 2. The summed E-state index contributed by atoms with van der Waals surface area (Å²) in [5.41, 5.74) is 4.09. The van der Waals surface area contributed by atoms with Crippen molar-refractivity contribution in [2.45, 2.75) is 39.2 Å². The van der Waals surface area contributed by atoms with E-state index in [4.69, 9.17) is 4.98 Å². The van der Waals surface area contributed by atoms with Crippen molar-refractivity contribution in [1.29, 1.82) is 0 Å². The molecule has 0 bridgehead atoms. The molecule has 0 atom stereocenters. The Balaban J connectivity index is 0.00000245. The zero-order valence-corrected chi connectivity index (χ0v) is 19.6. The minimum Gasteiger partial charge on any atom is -0.367 e. The van der Waals surface area contributed by atoms with Gasteiger partial charge in [0.2, 0.25) is 5.95 Å². The minimum absolute atomic E-state index is 0. The predicted octanol–water partition coefficient (Wildman–Crippen LogP) is 4.15. The number of rotatable bonds is 4. The molecule has 168 valence electrons. The van der Waals surface area contributed by atoms with Gasteiger partial charge in [-0.25, -0.2) is 15.0 Å². The first-order chi connectivity index (χ1) is 14.9. The molecule has 2 N–H and O–H groups in total. The summed E-state index contributed by atoms with van der Waals surface area (Å²) in [6.45, 7) is 11.7. The first-order valence-electron chi connectivity index (χ1n) is 10.8. The van der Waals surface area contributed by atoms with E-state index in [0.717, 1.165) is 53.5 Å². The molecule has 32 heavy (non-hydrogen) atoms. The predicted molar refractivity (Wildman–Crippen MR) is 131 cm³/mol. The van der Waals surface area contributed by atoms with Gasteiger partial charge in [0, 0.05) is 48.6 Å². The van der Waals surface area contributed by atoms with Crippen LogP contribution < -0.4 is 15.5 Å². The normalized spacial score (nSPS) is 15.8. The third kappa shape index (κ3) is 4.20. The SMILES string of the molecule is CC(C)c1cnc2ccc3cnc(Nc4ccc(N5CCNC(C)(C)C5)cn4)nc3n12.Cl. The average molecular weight is 453 g/mol. The van der Waals surface area contributed by atoms with E-state index in [-0.39, 0.29) is 17.9 Å². The fourth-order valence-corrected chi connectivity index (χ4v) is 4.16. The Hall–Kier alpha value is -2.97.